The van der Waals surface area contributed by atoms with Crippen molar-refractivity contribution in [1.29, 1.82) is 0 Å². The Kier molecular flexibility index (Phi) is 5.26. The van der Waals surface area contributed by atoms with E-state index in [9.17, 15) is 13.2 Å². The Balaban J connectivity index is 1.97. The number of morpholine rings is 1. The number of nitrogens with zero attached hydrogens (tertiary/aromatic N) is 1. The first-order valence-corrected chi connectivity index (χ1v) is 9.77. The van der Waals surface area contributed by atoms with Crippen LogP contribution in [-0.2, 0) is 14.8 Å². The average Bonchev–Trinajstić information content (AvgIpc) is 2.63. The van der Waals surface area contributed by atoms with Crippen LogP contribution in [0, 0.1) is 6.92 Å². The summed E-state index contributed by atoms with van der Waals surface area (Å²) >= 11 is 0. The molecule has 0 bridgehead atoms. The van der Waals surface area contributed by atoms with Gasteiger partial charge in [0.05, 0.1) is 23.7 Å². The Morgan fingerprint density at radius 3 is 2.38 bits per heavy atom. The number of benzene rings is 2. The number of hydrogen-bond acceptors (Lipinski definition) is 5. The van der Waals surface area contributed by atoms with Crippen molar-refractivity contribution in [3.63, 3.8) is 0 Å². The molecule has 1 aliphatic rings. The van der Waals surface area contributed by atoms with Crippen LogP contribution in [0.1, 0.15) is 15.9 Å². The fraction of sp³-hybridized carbons (Fsp3) is 0.278. The molecule has 0 radical (unpaired) electrons. The van der Waals surface area contributed by atoms with E-state index in [1.165, 1.54) is 12.1 Å². The average molecular weight is 375 g/mol. The third-order valence-electron chi connectivity index (χ3n) is 4.20. The van der Waals surface area contributed by atoms with Crippen molar-refractivity contribution in [2.45, 2.75) is 11.8 Å². The van der Waals surface area contributed by atoms with Gasteiger partial charge in [0.2, 0.25) is 10.0 Å². The van der Waals surface area contributed by atoms with Crippen LogP contribution in [0.2, 0.25) is 0 Å². The summed E-state index contributed by atoms with van der Waals surface area (Å²) in [5.41, 5.74) is 2.63. The van der Waals surface area contributed by atoms with E-state index in [0.29, 0.717) is 37.7 Å². The second-order valence-electron chi connectivity index (χ2n) is 6.14. The van der Waals surface area contributed by atoms with Crippen molar-refractivity contribution in [3.8, 4) is 0 Å². The summed E-state index contributed by atoms with van der Waals surface area (Å²) in [6, 6.07) is 11.7. The molecule has 1 aliphatic heterocycles. The lowest BCUT2D eigenvalue weighted by Crippen LogP contribution is -2.37. The zero-order valence-electron chi connectivity index (χ0n) is 14.4. The molecular weight excluding hydrogens is 354 g/mol. The largest absolute Gasteiger partial charge is 0.378 e. The van der Waals surface area contributed by atoms with E-state index in [-0.39, 0.29) is 16.4 Å². The fourth-order valence-corrected chi connectivity index (χ4v) is 3.33. The Morgan fingerprint density at radius 1 is 1.12 bits per heavy atom. The van der Waals surface area contributed by atoms with Crippen LogP contribution in [0.5, 0.6) is 0 Å². The van der Waals surface area contributed by atoms with Crippen molar-refractivity contribution >= 4 is 27.3 Å². The Morgan fingerprint density at radius 2 is 1.77 bits per heavy atom. The molecule has 3 rings (SSSR count). The van der Waals surface area contributed by atoms with E-state index >= 15 is 0 Å². The number of ether oxygens (including phenoxy) is 1. The summed E-state index contributed by atoms with van der Waals surface area (Å²) < 4.78 is 28.8. The lowest BCUT2D eigenvalue weighted by atomic mass is 10.1. The number of nitrogens with two attached hydrogens (primary N) is 1. The Hall–Kier alpha value is -2.42. The van der Waals surface area contributed by atoms with Crippen LogP contribution >= 0.6 is 0 Å². The van der Waals surface area contributed by atoms with Crippen LogP contribution < -0.4 is 15.4 Å². The number of sulfonamides is 1. The van der Waals surface area contributed by atoms with Crippen molar-refractivity contribution in [2.24, 2.45) is 5.14 Å². The minimum atomic E-state index is -3.91. The third kappa shape index (κ3) is 4.21. The summed E-state index contributed by atoms with van der Waals surface area (Å²) in [7, 11) is -3.91. The van der Waals surface area contributed by atoms with Gasteiger partial charge in [0.1, 0.15) is 0 Å². The topological polar surface area (TPSA) is 102 Å². The number of hydrogen-bond donors (Lipinski definition) is 2. The van der Waals surface area contributed by atoms with Gasteiger partial charge >= 0.3 is 0 Å². The zero-order chi connectivity index (χ0) is 18.7. The van der Waals surface area contributed by atoms with Gasteiger partial charge in [0, 0.05) is 24.5 Å². The molecule has 2 aromatic rings. The number of primary sulfonamides is 1. The van der Waals surface area contributed by atoms with E-state index in [4.69, 9.17) is 9.88 Å². The maximum Gasteiger partial charge on any atom is 0.257 e. The second-order valence-corrected chi connectivity index (χ2v) is 7.70. The Labute approximate surface area is 152 Å². The van der Waals surface area contributed by atoms with Gasteiger partial charge < -0.3 is 15.0 Å². The molecule has 8 heteroatoms. The van der Waals surface area contributed by atoms with Gasteiger partial charge in [0.25, 0.3) is 5.91 Å². The molecule has 0 atom stereocenters. The highest BCUT2D eigenvalue weighted by molar-refractivity contribution is 7.89. The van der Waals surface area contributed by atoms with Crippen molar-refractivity contribution < 1.29 is 17.9 Å². The van der Waals surface area contributed by atoms with Crippen LogP contribution in [0.15, 0.2) is 47.4 Å². The number of carbonyl (C=O) groups is 1. The van der Waals surface area contributed by atoms with E-state index in [1.54, 1.807) is 18.2 Å². The first-order valence-electron chi connectivity index (χ1n) is 8.22. The Bertz CT molecular complexity index is 905. The van der Waals surface area contributed by atoms with E-state index in [1.807, 2.05) is 24.0 Å². The van der Waals surface area contributed by atoms with Crippen LogP contribution in [0.25, 0.3) is 0 Å². The summed E-state index contributed by atoms with van der Waals surface area (Å²) in [4.78, 5) is 14.7. The standard InChI is InChI=1S/C18H21N3O4S/c1-13-2-4-14(5-3-13)20-18(22)16-12-15(26(19,23)24)6-7-17(16)21-8-10-25-11-9-21/h2-7,12H,8-11H2,1H3,(H,20,22)(H2,19,23,24). The second kappa shape index (κ2) is 7.45. The smallest absolute Gasteiger partial charge is 0.257 e. The maximum atomic E-state index is 12.8. The number of amides is 1. The molecule has 2 aromatic carbocycles. The lowest BCUT2D eigenvalue weighted by molar-refractivity contribution is 0.102. The van der Waals surface area contributed by atoms with Crippen LogP contribution in [0.4, 0.5) is 11.4 Å². The molecule has 0 aromatic heterocycles. The SMILES string of the molecule is Cc1ccc(NC(=O)c2cc(S(N)(=O)=O)ccc2N2CCOCC2)cc1. The number of aryl methyl sites for hydroxylation is 1. The van der Waals surface area contributed by atoms with Gasteiger partial charge in [-0.2, -0.15) is 0 Å². The molecular formula is C18H21N3O4S. The maximum absolute atomic E-state index is 12.8. The number of rotatable bonds is 4. The predicted octanol–water partition coefficient (Wildman–Crippen LogP) is 1.73. The molecule has 0 spiro atoms. The molecule has 3 N–H and O–H groups in total. The number of anilines is 2. The highest BCUT2D eigenvalue weighted by Gasteiger charge is 2.21. The molecule has 0 aliphatic carbocycles. The van der Waals surface area contributed by atoms with Crippen LogP contribution in [0.3, 0.4) is 0 Å². The highest BCUT2D eigenvalue weighted by Crippen LogP contribution is 2.26. The highest BCUT2D eigenvalue weighted by atomic mass is 32.2. The van der Waals surface area contributed by atoms with Gasteiger partial charge in [-0.1, -0.05) is 17.7 Å². The summed E-state index contributed by atoms with van der Waals surface area (Å²) in [5.74, 6) is -0.388. The van der Waals surface area contributed by atoms with Crippen molar-refractivity contribution in [3.05, 3.63) is 53.6 Å². The normalized spacial score (nSPS) is 14.9. The third-order valence-corrected chi connectivity index (χ3v) is 5.11. The van der Waals surface area contributed by atoms with Gasteiger partial charge in [0.15, 0.2) is 0 Å². The molecule has 138 valence electrons. The quantitative estimate of drug-likeness (QED) is 0.847. The minimum Gasteiger partial charge on any atom is -0.378 e. The molecule has 26 heavy (non-hydrogen) atoms. The monoisotopic (exact) mass is 375 g/mol. The molecule has 0 saturated carbocycles. The number of carbonyl (C=O) groups excluding carboxylic acids is 1. The van der Waals surface area contributed by atoms with Crippen LogP contribution in [-0.4, -0.2) is 40.6 Å². The molecule has 7 nitrogen and oxygen atoms in total. The van der Waals surface area contributed by atoms with Gasteiger partial charge in [-0.15, -0.1) is 0 Å². The number of nitrogens with one attached hydrogen (secondary N) is 1. The van der Waals surface area contributed by atoms with Gasteiger partial charge in [-0.3, -0.25) is 4.79 Å². The summed E-state index contributed by atoms with van der Waals surface area (Å²) in [5, 5.41) is 8.04. The lowest BCUT2D eigenvalue weighted by Gasteiger charge is -2.30. The molecule has 1 amide bonds. The molecule has 1 saturated heterocycles. The molecule has 0 unspecified atom stereocenters. The first kappa shape index (κ1) is 18.4. The zero-order valence-corrected chi connectivity index (χ0v) is 15.3. The predicted molar refractivity (Wildman–Crippen MR) is 100.0 cm³/mol. The van der Waals surface area contributed by atoms with E-state index in [0.717, 1.165) is 5.56 Å². The first-order chi connectivity index (χ1) is 12.3. The van der Waals surface area contributed by atoms with E-state index in [2.05, 4.69) is 5.32 Å². The van der Waals surface area contributed by atoms with Crippen molar-refractivity contribution in [1.82, 2.24) is 0 Å². The van der Waals surface area contributed by atoms with Gasteiger partial charge in [-0.25, -0.2) is 13.6 Å². The summed E-state index contributed by atoms with van der Waals surface area (Å²) in [6.07, 6.45) is 0. The molecule has 1 heterocycles. The van der Waals surface area contributed by atoms with Gasteiger partial charge in [-0.05, 0) is 37.3 Å². The minimum absolute atomic E-state index is 0.0939. The summed E-state index contributed by atoms with van der Waals surface area (Å²) in [6.45, 7) is 4.31. The van der Waals surface area contributed by atoms with E-state index < -0.39 is 10.0 Å². The van der Waals surface area contributed by atoms with Crippen molar-refractivity contribution in [2.75, 3.05) is 36.5 Å². The fourth-order valence-electron chi connectivity index (χ4n) is 2.79. The molecule has 1 fully saturated rings.